The van der Waals surface area contributed by atoms with Gasteiger partial charge >= 0.3 is 5.97 Å². The Labute approximate surface area is 286 Å². The Morgan fingerprint density at radius 3 is 2.46 bits per heavy atom. The number of hydrogen-bond acceptors (Lipinski definition) is 7. The van der Waals surface area contributed by atoms with Crippen molar-refractivity contribution >= 4 is 41.0 Å². The van der Waals surface area contributed by atoms with E-state index in [1.165, 1.54) is 9.80 Å². The number of rotatable bonds is 14. The number of halogens is 1. The Morgan fingerprint density at radius 2 is 1.81 bits per heavy atom. The maximum absolute atomic E-state index is 14.6. The lowest BCUT2D eigenvalue weighted by molar-refractivity contribution is -0.165. The Balaban J connectivity index is 1.50. The summed E-state index contributed by atoms with van der Waals surface area (Å²) in [6.07, 6.45) is 3.35. The summed E-state index contributed by atoms with van der Waals surface area (Å²) in [5, 5.41) is 10.6. The molecule has 256 valence electrons. The van der Waals surface area contributed by atoms with E-state index in [0.717, 1.165) is 0 Å². The Bertz CT molecular complexity index is 1550. The smallest absolute Gasteiger partial charge is 0.313 e. The Hall–Kier alpha value is -3.99. The maximum Gasteiger partial charge on any atom is 0.313 e. The summed E-state index contributed by atoms with van der Waals surface area (Å²) in [7, 11) is 1.67. The van der Waals surface area contributed by atoms with Crippen LogP contribution in [0.3, 0.4) is 0 Å². The van der Waals surface area contributed by atoms with Gasteiger partial charge < -0.3 is 29.3 Å². The normalized spacial score (nSPS) is 25.9. The van der Waals surface area contributed by atoms with Crippen molar-refractivity contribution in [2.45, 2.75) is 75.5 Å². The standard InChI is InChI=1S/C37H44ClN3O7/c1-6-8-18-29(43)39(5)24(4)32(25-14-10-9-11-15-25)47-36(46)30-28-19-20-37(48-28)31(30)34(44)41(23(3)22-42)33(37)35(45)40(21-7-2)27-17-13-12-16-26(27)38/h6-7,9-17,23-24,28,30-33,42H,1-2,8,18-22H2,3-5H3/t23-,24-,28+,30-,31-,32+,33+,37-/m1/s1. The highest BCUT2D eigenvalue weighted by molar-refractivity contribution is 6.34. The van der Waals surface area contributed by atoms with E-state index in [4.69, 9.17) is 21.1 Å². The molecule has 8 atom stereocenters. The van der Waals surface area contributed by atoms with Crippen molar-refractivity contribution < 1.29 is 33.8 Å². The van der Waals surface area contributed by atoms with Crippen molar-refractivity contribution in [3.05, 3.63) is 90.5 Å². The summed E-state index contributed by atoms with van der Waals surface area (Å²) < 4.78 is 12.9. The van der Waals surface area contributed by atoms with Gasteiger partial charge in [-0.05, 0) is 50.8 Å². The highest BCUT2D eigenvalue weighted by Gasteiger charge is 2.75. The Morgan fingerprint density at radius 1 is 1.12 bits per heavy atom. The minimum Gasteiger partial charge on any atom is -0.455 e. The van der Waals surface area contributed by atoms with Gasteiger partial charge in [-0.2, -0.15) is 0 Å². The molecule has 0 unspecified atom stereocenters. The van der Waals surface area contributed by atoms with Gasteiger partial charge in [-0.3, -0.25) is 19.2 Å². The van der Waals surface area contributed by atoms with E-state index in [1.807, 2.05) is 37.3 Å². The largest absolute Gasteiger partial charge is 0.455 e. The third-order valence-electron chi connectivity index (χ3n) is 10.1. The van der Waals surface area contributed by atoms with Crippen molar-refractivity contribution in [3.8, 4) is 0 Å². The lowest BCUT2D eigenvalue weighted by Crippen LogP contribution is -2.58. The molecule has 1 N–H and O–H groups in total. The number of carbonyl (C=O) groups is 4. The van der Waals surface area contributed by atoms with Crippen LogP contribution in [0.5, 0.6) is 0 Å². The van der Waals surface area contributed by atoms with Gasteiger partial charge in [0, 0.05) is 20.0 Å². The van der Waals surface area contributed by atoms with E-state index in [-0.39, 0.29) is 18.9 Å². The molecule has 0 radical (unpaired) electrons. The summed E-state index contributed by atoms with van der Waals surface area (Å²) >= 11 is 6.53. The third-order valence-corrected chi connectivity index (χ3v) is 10.4. The fraction of sp³-hybridized carbons (Fsp3) is 0.459. The molecule has 5 rings (SSSR count). The SMILES string of the molecule is C=CCCC(=O)N(C)[C@H](C)[C@H](OC(=O)[C@@H]1[C@@H]2CC[C@]3(O2)[C@H](C(=O)N(CC=C)c2ccccc2Cl)N([C@H](C)CO)C(=O)[C@@H]13)c1ccccc1. The second-order valence-corrected chi connectivity index (χ2v) is 13.3. The number of likely N-dealkylation sites (N-methyl/N-ethyl adjacent to an activating group) is 1. The van der Waals surface area contributed by atoms with Gasteiger partial charge in [0.25, 0.3) is 5.91 Å². The number of aliphatic hydroxyl groups is 1. The van der Waals surface area contributed by atoms with Gasteiger partial charge in [0.15, 0.2) is 0 Å². The summed E-state index contributed by atoms with van der Waals surface area (Å²) in [6.45, 7) is 10.7. The van der Waals surface area contributed by atoms with E-state index in [1.54, 1.807) is 55.3 Å². The fourth-order valence-corrected chi connectivity index (χ4v) is 7.82. The highest BCUT2D eigenvalue weighted by atomic mass is 35.5. The molecule has 48 heavy (non-hydrogen) atoms. The summed E-state index contributed by atoms with van der Waals surface area (Å²) in [5.41, 5.74) is -0.178. The number of amides is 3. The van der Waals surface area contributed by atoms with Crippen LogP contribution < -0.4 is 4.90 Å². The molecule has 3 amide bonds. The average Bonchev–Trinajstić information content (AvgIpc) is 3.75. The molecule has 0 aromatic heterocycles. The van der Waals surface area contributed by atoms with E-state index in [0.29, 0.717) is 35.5 Å². The van der Waals surface area contributed by atoms with Crippen LogP contribution in [0.4, 0.5) is 5.69 Å². The fourth-order valence-electron chi connectivity index (χ4n) is 7.58. The molecule has 2 aromatic rings. The highest BCUT2D eigenvalue weighted by Crippen LogP contribution is 2.59. The predicted molar refractivity (Wildman–Crippen MR) is 182 cm³/mol. The van der Waals surface area contributed by atoms with Crippen LogP contribution >= 0.6 is 11.6 Å². The number of fused-ring (bicyclic) bond motifs is 1. The van der Waals surface area contributed by atoms with Crippen LogP contribution in [0.15, 0.2) is 79.9 Å². The molecule has 0 saturated carbocycles. The third kappa shape index (κ3) is 6.17. The van der Waals surface area contributed by atoms with Crippen LogP contribution in [0, 0.1) is 11.8 Å². The van der Waals surface area contributed by atoms with E-state index in [9.17, 15) is 24.3 Å². The number of allylic oxidation sites excluding steroid dienone is 1. The van der Waals surface area contributed by atoms with Crippen molar-refractivity contribution in [1.29, 1.82) is 0 Å². The number of aliphatic hydroxyl groups excluding tert-OH is 1. The van der Waals surface area contributed by atoms with Crippen LogP contribution in [-0.2, 0) is 28.7 Å². The summed E-state index contributed by atoms with van der Waals surface area (Å²) in [5.74, 6) is -3.65. The number of esters is 1. The molecule has 3 fully saturated rings. The molecule has 2 bridgehead atoms. The van der Waals surface area contributed by atoms with Crippen molar-refractivity contribution in [2.75, 3.05) is 25.1 Å². The number of para-hydroxylation sites is 1. The van der Waals surface area contributed by atoms with Gasteiger partial charge in [-0.1, -0.05) is 66.2 Å². The van der Waals surface area contributed by atoms with Crippen molar-refractivity contribution in [2.24, 2.45) is 11.8 Å². The van der Waals surface area contributed by atoms with Gasteiger partial charge in [-0.15, -0.1) is 13.2 Å². The van der Waals surface area contributed by atoms with E-state index < -0.39 is 72.2 Å². The summed E-state index contributed by atoms with van der Waals surface area (Å²) in [4.78, 5) is 60.8. The first-order valence-corrected chi connectivity index (χ1v) is 16.8. The number of nitrogens with zero attached hydrogens (tertiary/aromatic N) is 3. The van der Waals surface area contributed by atoms with Crippen LogP contribution in [0.2, 0.25) is 5.02 Å². The summed E-state index contributed by atoms with van der Waals surface area (Å²) in [6, 6.07) is 13.7. The molecule has 2 aromatic carbocycles. The molecule has 1 spiro atoms. The van der Waals surface area contributed by atoms with Crippen LogP contribution in [-0.4, -0.2) is 88.6 Å². The molecular formula is C37H44ClN3O7. The quantitative estimate of drug-likeness (QED) is 0.227. The minimum absolute atomic E-state index is 0.111. The van der Waals surface area contributed by atoms with Crippen LogP contribution in [0.1, 0.15) is 51.2 Å². The number of benzene rings is 2. The molecule has 3 aliphatic rings. The zero-order valence-electron chi connectivity index (χ0n) is 27.7. The van der Waals surface area contributed by atoms with Crippen molar-refractivity contribution in [3.63, 3.8) is 0 Å². The van der Waals surface area contributed by atoms with Gasteiger partial charge in [0.2, 0.25) is 11.8 Å². The van der Waals surface area contributed by atoms with Crippen molar-refractivity contribution in [1.82, 2.24) is 9.80 Å². The number of ether oxygens (including phenoxy) is 2. The number of carbonyl (C=O) groups excluding carboxylic acids is 4. The molecule has 0 aliphatic carbocycles. The average molecular weight is 678 g/mol. The second kappa shape index (κ2) is 14.6. The first-order valence-electron chi connectivity index (χ1n) is 16.4. The zero-order chi connectivity index (χ0) is 34.7. The maximum atomic E-state index is 14.6. The topological polar surface area (TPSA) is 117 Å². The molecule has 3 aliphatic heterocycles. The van der Waals surface area contributed by atoms with Crippen LogP contribution in [0.25, 0.3) is 0 Å². The lowest BCUT2D eigenvalue weighted by Gasteiger charge is -2.38. The second-order valence-electron chi connectivity index (χ2n) is 12.9. The Kier molecular flexibility index (Phi) is 10.8. The first-order chi connectivity index (χ1) is 23.0. The molecule has 10 nitrogen and oxygen atoms in total. The molecule has 3 saturated heterocycles. The number of hydrogen-bond donors (Lipinski definition) is 1. The zero-order valence-corrected chi connectivity index (χ0v) is 28.4. The van der Waals surface area contributed by atoms with Gasteiger partial charge in [0.05, 0.1) is 47.3 Å². The monoisotopic (exact) mass is 677 g/mol. The van der Waals surface area contributed by atoms with E-state index in [2.05, 4.69) is 13.2 Å². The van der Waals surface area contributed by atoms with E-state index >= 15 is 0 Å². The van der Waals surface area contributed by atoms with Gasteiger partial charge in [0.1, 0.15) is 17.7 Å². The molecule has 11 heteroatoms. The number of anilines is 1. The minimum atomic E-state index is -1.32. The molecular weight excluding hydrogens is 634 g/mol. The van der Waals surface area contributed by atoms with Gasteiger partial charge in [-0.25, -0.2) is 0 Å². The predicted octanol–water partition coefficient (Wildman–Crippen LogP) is 4.71. The number of likely N-dealkylation sites (tertiary alicyclic amines) is 1. The molecule has 3 heterocycles. The lowest BCUT2D eigenvalue weighted by atomic mass is 9.70. The first kappa shape index (κ1) is 35.3.